The summed E-state index contributed by atoms with van der Waals surface area (Å²) in [5.41, 5.74) is 16.0. The molecule has 0 atom stereocenters. The molecule has 0 amide bonds. The first kappa shape index (κ1) is 26.1. The Morgan fingerprint density at radius 1 is 0.389 bits per heavy atom. The fourth-order valence-corrected chi connectivity index (χ4v) is 10.8. The van der Waals surface area contributed by atoms with Gasteiger partial charge in [0.25, 0.3) is 0 Å². The van der Waals surface area contributed by atoms with Crippen molar-refractivity contribution in [3.05, 3.63) is 44.5 Å². The summed E-state index contributed by atoms with van der Waals surface area (Å²) >= 11 is 0. The highest BCUT2D eigenvalue weighted by molar-refractivity contribution is 8.77. The summed E-state index contributed by atoms with van der Waals surface area (Å²) in [4.78, 5) is 15.3. The first-order valence-electron chi connectivity index (χ1n) is 12.9. The minimum absolute atomic E-state index is 1.02. The number of aromatic nitrogens is 4. The monoisotopic (exact) mass is 556 g/mol. The second kappa shape index (κ2) is 10.4. The van der Waals surface area contributed by atoms with Crippen LogP contribution in [-0.2, 0) is 25.7 Å². The van der Waals surface area contributed by atoms with E-state index >= 15 is 0 Å². The molecule has 4 N–H and O–H groups in total. The van der Waals surface area contributed by atoms with E-state index in [9.17, 15) is 0 Å². The van der Waals surface area contributed by atoms with Gasteiger partial charge >= 0.3 is 0 Å². The molecule has 8 heteroatoms. The molecule has 0 radical (unpaired) electrons. The lowest BCUT2D eigenvalue weighted by Crippen LogP contribution is -1.86. The number of fused-ring (bicyclic) bond motifs is 10. The Labute approximate surface area is 230 Å². The van der Waals surface area contributed by atoms with Gasteiger partial charge in [0.2, 0.25) is 0 Å². The zero-order valence-corrected chi connectivity index (χ0v) is 25.7. The molecular weight excluding hydrogens is 521 g/mol. The van der Waals surface area contributed by atoms with Crippen LogP contribution in [0.2, 0.25) is 0 Å². The molecule has 4 aromatic heterocycles. The summed E-state index contributed by atoms with van der Waals surface area (Å²) in [5, 5.41) is 5.06. The van der Waals surface area contributed by atoms with Crippen LogP contribution in [0.1, 0.15) is 72.2 Å². The van der Waals surface area contributed by atoms with E-state index < -0.39 is 0 Å². The van der Waals surface area contributed by atoms with Gasteiger partial charge < -0.3 is 19.9 Å². The third-order valence-electron chi connectivity index (χ3n) is 7.69. The predicted octanol–water partition coefficient (Wildman–Crippen LogP) is 9.73. The number of aromatic amines is 4. The molecule has 0 fully saturated rings. The van der Waals surface area contributed by atoms with E-state index in [4.69, 9.17) is 0 Å². The van der Waals surface area contributed by atoms with Crippen LogP contribution in [-0.4, -0.2) is 19.9 Å². The average Bonchev–Trinajstić information content (AvgIpc) is 3.56. The van der Waals surface area contributed by atoms with Gasteiger partial charge in [-0.1, -0.05) is 27.7 Å². The van der Waals surface area contributed by atoms with Crippen molar-refractivity contribution < 1.29 is 0 Å². The second-order valence-electron chi connectivity index (χ2n) is 9.48. The van der Waals surface area contributed by atoms with Crippen LogP contribution in [0.4, 0.5) is 0 Å². The molecule has 0 unspecified atom stereocenters. The Bertz CT molecular complexity index is 1220. The predicted molar refractivity (Wildman–Crippen MR) is 161 cm³/mol. The van der Waals surface area contributed by atoms with E-state index in [2.05, 4.69) is 75.3 Å². The van der Waals surface area contributed by atoms with Gasteiger partial charge in [0.1, 0.15) is 0 Å². The first-order chi connectivity index (χ1) is 17.3. The Morgan fingerprint density at radius 2 is 0.583 bits per heavy atom. The fourth-order valence-electron chi connectivity index (χ4n) is 5.57. The molecule has 36 heavy (non-hydrogen) atoms. The van der Waals surface area contributed by atoms with E-state index in [0.29, 0.717) is 0 Å². The minimum atomic E-state index is 1.02. The van der Waals surface area contributed by atoms with Crippen molar-refractivity contribution in [2.75, 3.05) is 0 Å². The summed E-state index contributed by atoms with van der Waals surface area (Å²) in [6.07, 6.45) is 4.07. The largest absolute Gasteiger partial charge is 0.347 e. The van der Waals surface area contributed by atoms with Crippen molar-refractivity contribution >= 4 is 43.2 Å². The maximum absolute atomic E-state index is 3.83. The van der Waals surface area contributed by atoms with E-state index in [0.717, 1.165) is 25.7 Å². The van der Waals surface area contributed by atoms with Gasteiger partial charge in [-0.15, -0.1) is 0 Å². The highest BCUT2D eigenvalue weighted by atomic mass is 33.1. The van der Waals surface area contributed by atoms with Crippen molar-refractivity contribution in [3.63, 3.8) is 0 Å². The molecule has 0 spiro atoms. The number of rotatable bonds is 4. The summed E-state index contributed by atoms with van der Waals surface area (Å²) in [7, 11) is 7.41. The van der Waals surface area contributed by atoms with Crippen LogP contribution >= 0.6 is 43.2 Å². The quantitative estimate of drug-likeness (QED) is 0.189. The van der Waals surface area contributed by atoms with E-state index in [1.54, 1.807) is 0 Å². The molecule has 5 rings (SSSR count). The number of nitrogens with one attached hydrogen (secondary N) is 4. The second-order valence-corrected chi connectivity index (χ2v) is 13.8. The first-order valence-corrected chi connectivity index (χ1v) is 17.2. The molecule has 0 aliphatic carbocycles. The Balaban J connectivity index is 1.73. The number of hydrogen-bond acceptors (Lipinski definition) is 4. The molecule has 4 nitrogen and oxygen atoms in total. The lowest BCUT2D eigenvalue weighted by molar-refractivity contribution is 1.04. The van der Waals surface area contributed by atoms with Gasteiger partial charge in [-0.05, 0) is 141 Å². The van der Waals surface area contributed by atoms with Gasteiger partial charge in [0.05, 0.1) is 42.9 Å². The topological polar surface area (TPSA) is 63.2 Å². The van der Waals surface area contributed by atoms with Crippen LogP contribution in [0, 0.1) is 27.7 Å². The standard InChI is InChI=1S/C28H36N4S4/c1-9-17-13(5)21-22-14(6)18(10-2)27(30-22)35-36-28-20(12-4)16(8)24(32-28)23-15(7)19(11-3)26(31-23)34-33-25(17)29-21/h29-32H,9-12H2,1-8H3. The molecular formula is C28H36N4S4. The smallest absolute Gasteiger partial charge is 0.0873 e. The van der Waals surface area contributed by atoms with Crippen LogP contribution in [0.3, 0.4) is 0 Å². The van der Waals surface area contributed by atoms with Crippen LogP contribution in [0.5, 0.6) is 0 Å². The van der Waals surface area contributed by atoms with Gasteiger partial charge in [0.15, 0.2) is 0 Å². The Morgan fingerprint density at radius 3 is 0.750 bits per heavy atom. The molecule has 0 saturated carbocycles. The SMILES string of the molecule is CCc1c2[nH]c(c1C)-c1[nH]c(c(CC)c1C)SSc1[nH]c(c(C)c1CC)-c1[nH]c(c(CC)c1C)SS2. The van der Waals surface area contributed by atoms with Crippen LogP contribution in [0.15, 0.2) is 20.1 Å². The van der Waals surface area contributed by atoms with E-state index in [-0.39, 0.29) is 0 Å². The van der Waals surface area contributed by atoms with E-state index in [1.807, 2.05) is 43.2 Å². The Hall–Kier alpha value is -1.48. The third kappa shape index (κ3) is 4.12. The normalized spacial score (nSPS) is 13.6. The molecule has 4 aromatic rings. The minimum Gasteiger partial charge on any atom is -0.347 e. The van der Waals surface area contributed by atoms with Gasteiger partial charge in [0, 0.05) is 0 Å². The highest BCUT2D eigenvalue weighted by Crippen LogP contribution is 2.49. The number of hydrogen-bond donors (Lipinski definition) is 4. The summed E-state index contributed by atoms with van der Waals surface area (Å²) in [5.74, 6) is 0. The van der Waals surface area contributed by atoms with Crippen molar-refractivity contribution in [2.24, 2.45) is 0 Å². The molecule has 1 aliphatic heterocycles. The summed E-state index contributed by atoms with van der Waals surface area (Å²) in [6, 6.07) is 0. The maximum Gasteiger partial charge on any atom is 0.0873 e. The van der Waals surface area contributed by atoms with Crippen molar-refractivity contribution in [1.29, 1.82) is 0 Å². The zero-order valence-electron chi connectivity index (χ0n) is 22.5. The Kier molecular flexibility index (Phi) is 7.52. The third-order valence-corrected chi connectivity index (χ3v) is 12.4. The zero-order chi connectivity index (χ0) is 25.7. The van der Waals surface area contributed by atoms with E-state index in [1.165, 1.54) is 87.4 Å². The van der Waals surface area contributed by atoms with Crippen molar-refractivity contribution in [2.45, 2.75) is 101 Å². The molecule has 192 valence electrons. The molecule has 0 aromatic carbocycles. The summed E-state index contributed by atoms with van der Waals surface area (Å²) in [6.45, 7) is 18.1. The molecule has 5 heterocycles. The lowest BCUT2D eigenvalue weighted by atomic mass is 10.0. The van der Waals surface area contributed by atoms with Gasteiger partial charge in [-0.3, -0.25) is 0 Å². The van der Waals surface area contributed by atoms with Crippen molar-refractivity contribution in [1.82, 2.24) is 19.9 Å². The summed E-state index contributed by atoms with van der Waals surface area (Å²) < 4.78 is 0. The van der Waals surface area contributed by atoms with Crippen molar-refractivity contribution in [3.8, 4) is 22.8 Å². The fraction of sp³-hybridized carbons (Fsp3) is 0.429. The molecule has 1 aliphatic rings. The average molecular weight is 557 g/mol. The molecule has 0 saturated heterocycles. The number of H-pyrrole nitrogens is 4. The highest BCUT2D eigenvalue weighted by Gasteiger charge is 2.25. The van der Waals surface area contributed by atoms with Crippen LogP contribution < -0.4 is 0 Å². The van der Waals surface area contributed by atoms with Gasteiger partial charge in [-0.25, -0.2) is 0 Å². The van der Waals surface area contributed by atoms with Gasteiger partial charge in [-0.2, -0.15) is 0 Å². The van der Waals surface area contributed by atoms with Crippen LogP contribution in [0.25, 0.3) is 22.8 Å². The lowest BCUT2D eigenvalue weighted by Gasteiger charge is -2.03. The maximum atomic E-state index is 3.83. The molecule has 8 bridgehead atoms.